The van der Waals surface area contributed by atoms with Crippen molar-refractivity contribution >= 4 is 5.97 Å². The standard InChI is InChI=1S/C11H17N3O2/c15-11(16)8-2-1-3-9(6-8)12-7-10-4-5-13-14-10/h4-5,8-9,12H,1-3,6-7H2,(H,13,14)(H,15,16). The highest BCUT2D eigenvalue weighted by Gasteiger charge is 2.26. The summed E-state index contributed by atoms with van der Waals surface area (Å²) in [6, 6.07) is 2.24. The van der Waals surface area contributed by atoms with Crippen LogP contribution in [0.2, 0.25) is 0 Å². The zero-order valence-electron chi connectivity index (χ0n) is 9.15. The van der Waals surface area contributed by atoms with E-state index in [1.165, 1.54) is 0 Å². The van der Waals surface area contributed by atoms with Gasteiger partial charge in [-0.2, -0.15) is 5.10 Å². The van der Waals surface area contributed by atoms with Crippen molar-refractivity contribution in [3.8, 4) is 0 Å². The third kappa shape index (κ3) is 2.82. The van der Waals surface area contributed by atoms with Crippen molar-refractivity contribution in [3.05, 3.63) is 18.0 Å². The molecule has 0 amide bonds. The highest BCUT2D eigenvalue weighted by atomic mass is 16.4. The maximum absolute atomic E-state index is 10.9. The Kier molecular flexibility index (Phi) is 3.56. The van der Waals surface area contributed by atoms with Crippen LogP contribution < -0.4 is 5.32 Å². The van der Waals surface area contributed by atoms with Gasteiger partial charge in [-0.15, -0.1) is 0 Å². The minimum absolute atomic E-state index is 0.173. The molecule has 2 unspecified atom stereocenters. The highest BCUT2D eigenvalue weighted by Crippen LogP contribution is 2.24. The maximum Gasteiger partial charge on any atom is 0.306 e. The van der Waals surface area contributed by atoms with Crippen LogP contribution in [0.25, 0.3) is 0 Å². The van der Waals surface area contributed by atoms with E-state index < -0.39 is 5.97 Å². The molecule has 1 aliphatic carbocycles. The zero-order valence-corrected chi connectivity index (χ0v) is 9.15. The van der Waals surface area contributed by atoms with Crippen molar-refractivity contribution in [2.24, 2.45) is 5.92 Å². The van der Waals surface area contributed by atoms with Gasteiger partial charge in [0.05, 0.1) is 5.92 Å². The number of aliphatic carboxylic acids is 1. The van der Waals surface area contributed by atoms with Gasteiger partial charge in [-0.1, -0.05) is 6.42 Å². The average molecular weight is 223 g/mol. The Morgan fingerprint density at radius 1 is 1.62 bits per heavy atom. The van der Waals surface area contributed by atoms with Crippen LogP contribution in [0.3, 0.4) is 0 Å². The first-order valence-corrected chi connectivity index (χ1v) is 5.70. The van der Waals surface area contributed by atoms with Crippen LogP contribution in [0.5, 0.6) is 0 Å². The van der Waals surface area contributed by atoms with Crippen LogP contribution in [0.15, 0.2) is 12.3 Å². The fraction of sp³-hybridized carbons (Fsp3) is 0.636. The molecule has 1 fully saturated rings. The average Bonchev–Trinajstić information content (AvgIpc) is 2.79. The van der Waals surface area contributed by atoms with Crippen LogP contribution >= 0.6 is 0 Å². The van der Waals surface area contributed by atoms with E-state index in [1.54, 1.807) is 6.20 Å². The van der Waals surface area contributed by atoms with Crippen LogP contribution in [-0.2, 0) is 11.3 Å². The monoisotopic (exact) mass is 223 g/mol. The van der Waals surface area contributed by atoms with Crippen molar-refractivity contribution in [3.63, 3.8) is 0 Å². The third-order valence-corrected chi connectivity index (χ3v) is 3.16. The van der Waals surface area contributed by atoms with Crippen molar-refractivity contribution in [1.82, 2.24) is 15.5 Å². The number of aromatic amines is 1. The molecule has 5 heteroatoms. The van der Waals surface area contributed by atoms with E-state index in [4.69, 9.17) is 5.11 Å². The second-order valence-electron chi connectivity index (χ2n) is 4.36. The molecule has 0 aliphatic heterocycles. The molecule has 1 saturated carbocycles. The molecule has 2 rings (SSSR count). The summed E-state index contributed by atoms with van der Waals surface area (Å²) in [7, 11) is 0. The lowest BCUT2D eigenvalue weighted by molar-refractivity contribution is -0.143. The van der Waals surface area contributed by atoms with E-state index in [9.17, 15) is 4.79 Å². The Morgan fingerprint density at radius 3 is 3.19 bits per heavy atom. The molecule has 1 aliphatic rings. The second-order valence-corrected chi connectivity index (χ2v) is 4.36. The van der Waals surface area contributed by atoms with Gasteiger partial charge >= 0.3 is 5.97 Å². The lowest BCUT2D eigenvalue weighted by Gasteiger charge is -2.27. The lowest BCUT2D eigenvalue weighted by atomic mass is 9.86. The quantitative estimate of drug-likeness (QED) is 0.715. The van der Waals surface area contributed by atoms with Gasteiger partial charge in [0.1, 0.15) is 0 Å². The number of carboxylic acid groups (broad SMARTS) is 1. The van der Waals surface area contributed by atoms with E-state index in [0.29, 0.717) is 6.04 Å². The van der Waals surface area contributed by atoms with Gasteiger partial charge in [-0.05, 0) is 25.3 Å². The van der Waals surface area contributed by atoms with Crippen LogP contribution in [-0.4, -0.2) is 27.3 Å². The molecule has 0 aromatic carbocycles. The predicted octanol–water partition coefficient (Wildman–Crippen LogP) is 1.14. The molecule has 88 valence electrons. The smallest absolute Gasteiger partial charge is 0.306 e. The largest absolute Gasteiger partial charge is 0.481 e. The van der Waals surface area contributed by atoms with E-state index in [2.05, 4.69) is 15.5 Å². The van der Waals surface area contributed by atoms with E-state index in [0.717, 1.165) is 37.9 Å². The third-order valence-electron chi connectivity index (χ3n) is 3.16. The summed E-state index contributed by atoms with van der Waals surface area (Å²) < 4.78 is 0. The summed E-state index contributed by atoms with van der Waals surface area (Å²) >= 11 is 0. The first kappa shape index (κ1) is 11.1. The first-order valence-electron chi connectivity index (χ1n) is 5.70. The van der Waals surface area contributed by atoms with E-state index in [1.807, 2.05) is 6.07 Å². The summed E-state index contributed by atoms with van der Waals surface area (Å²) in [4.78, 5) is 10.9. The number of rotatable bonds is 4. The number of aromatic nitrogens is 2. The summed E-state index contributed by atoms with van der Waals surface area (Å²) in [6.45, 7) is 0.733. The van der Waals surface area contributed by atoms with Gasteiger partial charge in [0.25, 0.3) is 0 Å². The number of nitrogens with zero attached hydrogens (tertiary/aromatic N) is 1. The zero-order chi connectivity index (χ0) is 11.4. The van der Waals surface area contributed by atoms with Gasteiger partial charge in [0, 0.05) is 24.5 Å². The van der Waals surface area contributed by atoms with Gasteiger partial charge in [0.15, 0.2) is 0 Å². The molecule has 0 spiro atoms. The Hall–Kier alpha value is -1.36. The molecular formula is C11H17N3O2. The molecule has 0 bridgehead atoms. The number of nitrogens with one attached hydrogen (secondary N) is 2. The Morgan fingerprint density at radius 2 is 2.50 bits per heavy atom. The number of carboxylic acids is 1. The van der Waals surface area contributed by atoms with Crippen LogP contribution in [0, 0.1) is 5.92 Å². The van der Waals surface area contributed by atoms with Crippen LogP contribution in [0.4, 0.5) is 0 Å². The number of hydrogen-bond acceptors (Lipinski definition) is 3. The second kappa shape index (κ2) is 5.12. The summed E-state index contributed by atoms with van der Waals surface area (Å²) in [6.07, 6.45) is 5.34. The Labute approximate surface area is 94.2 Å². The molecule has 0 radical (unpaired) electrons. The molecule has 1 heterocycles. The molecule has 2 atom stereocenters. The normalized spacial score (nSPS) is 25.5. The first-order chi connectivity index (χ1) is 7.75. The van der Waals surface area contributed by atoms with Crippen molar-refractivity contribution in [1.29, 1.82) is 0 Å². The molecule has 5 nitrogen and oxygen atoms in total. The summed E-state index contributed by atoms with van der Waals surface area (Å²) in [5.74, 6) is -0.832. The highest BCUT2D eigenvalue weighted by molar-refractivity contribution is 5.70. The maximum atomic E-state index is 10.9. The Balaban J connectivity index is 1.79. The molecular weight excluding hydrogens is 206 g/mol. The minimum Gasteiger partial charge on any atom is -0.481 e. The van der Waals surface area contributed by atoms with Gasteiger partial charge in [-0.3, -0.25) is 9.89 Å². The predicted molar refractivity (Wildman–Crippen MR) is 58.8 cm³/mol. The fourth-order valence-electron chi connectivity index (χ4n) is 2.24. The van der Waals surface area contributed by atoms with Gasteiger partial charge < -0.3 is 10.4 Å². The summed E-state index contributed by atoms with van der Waals surface area (Å²) in [5, 5.41) is 19.1. The molecule has 3 N–H and O–H groups in total. The van der Waals surface area contributed by atoms with Gasteiger partial charge in [0.2, 0.25) is 0 Å². The Bertz CT molecular complexity index is 337. The van der Waals surface area contributed by atoms with Gasteiger partial charge in [-0.25, -0.2) is 0 Å². The van der Waals surface area contributed by atoms with Crippen LogP contribution in [0.1, 0.15) is 31.4 Å². The van der Waals surface area contributed by atoms with Crippen molar-refractivity contribution in [2.45, 2.75) is 38.3 Å². The van der Waals surface area contributed by atoms with Crippen molar-refractivity contribution in [2.75, 3.05) is 0 Å². The van der Waals surface area contributed by atoms with E-state index in [-0.39, 0.29) is 5.92 Å². The number of H-pyrrole nitrogens is 1. The molecule has 0 saturated heterocycles. The molecule has 16 heavy (non-hydrogen) atoms. The number of carbonyl (C=O) groups is 1. The lowest BCUT2D eigenvalue weighted by Crippen LogP contribution is -2.36. The SMILES string of the molecule is O=C(O)C1CCCC(NCc2ccn[nH]2)C1. The molecule has 1 aromatic rings. The fourth-order valence-corrected chi connectivity index (χ4v) is 2.24. The summed E-state index contributed by atoms with van der Waals surface area (Å²) in [5.41, 5.74) is 1.04. The van der Waals surface area contributed by atoms with Crippen molar-refractivity contribution < 1.29 is 9.90 Å². The minimum atomic E-state index is -0.659. The molecule has 1 aromatic heterocycles. The van der Waals surface area contributed by atoms with E-state index >= 15 is 0 Å². The number of hydrogen-bond donors (Lipinski definition) is 3. The topological polar surface area (TPSA) is 78.0 Å².